The van der Waals surface area contributed by atoms with Crippen LogP contribution in [0.4, 0.5) is 0 Å². The zero-order valence-corrected chi connectivity index (χ0v) is 9.41. The van der Waals surface area contributed by atoms with Crippen molar-refractivity contribution in [3.8, 4) is 5.75 Å². The minimum Gasteiger partial charge on any atom is -1.00 e. The Labute approximate surface area is 99.0 Å². The van der Waals surface area contributed by atoms with Crippen molar-refractivity contribution in [1.29, 1.82) is 0 Å². The molecular weight excluding hydrogens is 232 g/mol. The smallest absolute Gasteiger partial charge is 0.360 e. The molecule has 0 saturated carbocycles. The van der Waals surface area contributed by atoms with Gasteiger partial charge in [-0.25, -0.2) is 5.43 Å². The number of nitrogens with one attached hydrogen (secondary N) is 2. The molecule has 0 saturated heterocycles. The molecule has 1 aromatic rings. The minimum atomic E-state index is -0.328. The number of ether oxygens (including phenoxy) is 1. The summed E-state index contributed by atoms with van der Waals surface area (Å²) in [6.07, 6.45) is 0. The molecule has 0 atom stereocenters. The van der Waals surface area contributed by atoms with E-state index in [9.17, 15) is 4.79 Å². The highest BCUT2D eigenvalue weighted by Crippen LogP contribution is 2.10. The van der Waals surface area contributed by atoms with Gasteiger partial charge in [0.2, 0.25) is 0 Å². The van der Waals surface area contributed by atoms with Crippen molar-refractivity contribution in [2.75, 3.05) is 7.11 Å². The largest absolute Gasteiger partial charge is 1.00 e. The van der Waals surface area contributed by atoms with E-state index in [1.807, 2.05) is 0 Å². The summed E-state index contributed by atoms with van der Waals surface area (Å²) in [7, 11) is 1.56. The lowest BCUT2D eigenvalue weighted by molar-refractivity contribution is -0.510. The highest BCUT2D eigenvalue weighted by molar-refractivity contribution is 5.93. The zero-order chi connectivity index (χ0) is 11.3. The van der Waals surface area contributed by atoms with Crippen molar-refractivity contribution in [3.63, 3.8) is 0 Å². The molecule has 0 aromatic heterocycles. The number of carbonyl (C=O) groups is 1. The molecule has 0 fully saturated rings. The molecule has 0 aliphatic carbocycles. The second-order valence-corrected chi connectivity index (χ2v) is 2.76. The quantitative estimate of drug-likeness (QED) is 0.242. The average molecular weight is 245 g/mol. The van der Waals surface area contributed by atoms with Crippen molar-refractivity contribution in [3.05, 3.63) is 29.8 Å². The number of carbonyl (C=O) groups excluding carboxylic acids is 1. The van der Waals surface area contributed by atoms with Crippen LogP contribution in [0.5, 0.6) is 5.75 Å². The van der Waals surface area contributed by atoms with Crippen LogP contribution in [0.2, 0.25) is 0 Å². The van der Waals surface area contributed by atoms with Crippen LogP contribution in [0.3, 0.4) is 0 Å². The normalized spacial score (nSPS) is 8.56. The van der Waals surface area contributed by atoms with Gasteiger partial charge >= 0.3 is 5.96 Å². The molecule has 1 amide bonds. The van der Waals surface area contributed by atoms with Crippen LogP contribution in [-0.4, -0.2) is 19.0 Å². The van der Waals surface area contributed by atoms with Gasteiger partial charge in [0, 0.05) is 5.56 Å². The van der Waals surface area contributed by atoms with Gasteiger partial charge in [-0.1, -0.05) is 0 Å². The van der Waals surface area contributed by atoms with E-state index < -0.39 is 0 Å². The number of nitrogens with two attached hydrogens (primary N) is 2. The van der Waals surface area contributed by atoms with E-state index in [-0.39, 0.29) is 24.3 Å². The number of benzene rings is 1. The van der Waals surface area contributed by atoms with E-state index in [0.717, 1.165) is 0 Å². The van der Waals surface area contributed by atoms with E-state index in [0.29, 0.717) is 11.3 Å². The third kappa shape index (κ3) is 4.05. The highest BCUT2D eigenvalue weighted by Gasteiger charge is 2.04. The Morgan fingerprint density at radius 3 is 2.31 bits per heavy atom. The maximum atomic E-state index is 11.4. The second-order valence-electron chi connectivity index (χ2n) is 2.76. The summed E-state index contributed by atoms with van der Waals surface area (Å²) in [6, 6.07) is 6.62. The summed E-state index contributed by atoms with van der Waals surface area (Å²) < 4.78 is 4.96. The SMILES string of the molecule is COc1ccc(C(=O)N[NH+]=C(N)N)cc1.[Cl-]. The molecule has 1 rings (SSSR count). The predicted octanol–water partition coefficient (Wildman–Crippen LogP) is -5.30. The van der Waals surface area contributed by atoms with Crippen molar-refractivity contribution < 1.29 is 27.0 Å². The lowest BCUT2D eigenvalue weighted by Crippen LogP contribution is -3.00. The molecule has 88 valence electrons. The number of amides is 1. The molecule has 16 heavy (non-hydrogen) atoms. The van der Waals surface area contributed by atoms with Crippen LogP contribution in [0.15, 0.2) is 24.3 Å². The van der Waals surface area contributed by atoms with Gasteiger partial charge < -0.3 is 17.1 Å². The Hall–Kier alpha value is -1.95. The lowest BCUT2D eigenvalue weighted by Gasteiger charge is -2.01. The van der Waals surface area contributed by atoms with Crippen molar-refractivity contribution >= 4 is 11.9 Å². The Morgan fingerprint density at radius 1 is 1.31 bits per heavy atom. The number of hydrazine groups is 1. The Bertz CT molecular complexity index is 374. The maximum Gasteiger partial charge on any atom is 0.360 e. The topological polar surface area (TPSA) is 104 Å². The van der Waals surface area contributed by atoms with Crippen LogP contribution in [0, 0.1) is 0 Å². The summed E-state index contributed by atoms with van der Waals surface area (Å²) in [4.78, 5) is 11.4. The number of guanidine groups is 1. The number of hydrazone groups is 1. The molecule has 6 nitrogen and oxygen atoms in total. The molecule has 1 aromatic carbocycles. The first-order chi connectivity index (χ1) is 7.13. The van der Waals surface area contributed by atoms with E-state index in [1.54, 1.807) is 31.4 Å². The average Bonchev–Trinajstić information content (AvgIpc) is 2.26. The fourth-order valence-electron chi connectivity index (χ4n) is 0.943. The van der Waals surface area contributed by atoms with Gasteiger partial charge in [-0.3, -0.25) is 16.3 Å². The van der Waals surface area contributed by atoms with E-state index in [2.05, 4.69) is 10.5 Å². The third-order valence-electron chi connectivity index (χ3n) is 1.67. The maximum absolute atomic E-state index is 11.4. The molecule has 0 unspecified atom stereocenters. The predicted molar refractivity (Wildman–Crippen MR) is 54.8 cm³/mol. The van der Waals surface area contributed by atoms with Gasteiger partial charge in [-0.2, -0.15) is 5.10 Å². The molecule has 0 aliphatic rings. The van der Waals surface area contributed by atoms with E-state index >= 15 is 0 Å². The van der Waals surface area contributed by atoms with Crippen LogP contribution in [0.1, 0.15) is 10.4 Å². The van der Waals surface area contributed by atoms with Crippen LogP contribution in [0.25, 0.3) is 0 Å². The first-order valence-electron chi connectivity index (χ1n) is 4.22. The molecule has 0 heterocycles. The van der Waals surface area contributed by atoms with Crippen LogP contribution in [-0.2, 0) is 0 Å². The Kier molecular flexibility index (Phi) is 5.72. The molecule has 0 radical (unpaired) electrons. The van der Waals surface area contributed by atoms with Crippen molar-refractivity contribution in [1.82, 2.24) is 5.43 Å². The fraction of sp³-hybridized carbons (Fsp3) is 0.111. The fourth-order valence-corrected chi connectivity index (χ4v) is 0.943. The number of methoxy groups -OCH3 is 1. The number of hydrogen-bond acceptors (Lipinski definition) is 2. The van der Waals surface area contributed by atoms with Crippen molar-refractivity contribution in [2.24, 2.45) is 11.5 Å². The van der Waals surface area contributed by atoms with Gasteiger partial charge in [-0.05, 0) is 24.3 Å². The van der Waals surface area contributed by atoms with E-state index in [4.69, 9.17) is 16.2 Å². The molecule has 7 heteroatoms. The summed E-state index contributed by atoms with van der Waals surface area (Å²) in [5.41, 5.74) is 13.0. The summed E-state index contributed by atoms with van der Waals surface area (Å²) in [5.74, 6) is 0.285. The zero-order valence-electron chi connectivity index (χ0n) is 8.66. The molecule has 0 bridgehead atoms. The molecular formula is C9H13ClN4O2. The standard InChI is InChI=1S/C9H12N4O2.ClH/c1-15-7-4-2-6(3-5-7)8(14)12-13-9(10)11;/h2-5H,1H3,(H,12,14)(H4,10,11,13);1H. The lowest BCUT2D eigenvalue weighted by atomic mass is 10.2. The summed E-state index contributed by atoms with van der Waals surface area (Å²) >= 11 is 0. The monoisotopic (exact) mass is 244 g/mol. The van der Waals surface area contributed by atoms with Gasteiger partial charge in [0.05, 0.1) is 7.11 Å². The number of hydrogen-bond donors (Lipinski definition) is 4. The first kappa shape index (κ1) is 14.1. The van der Waals surface area contributed by atoms with Crippen molar-refractivity contribution in [2.45, 2.75) is 0 Å². The van der Waals surface area contributed by atoms with Crippen LogP contribution >= 0.6 is 0 Å². The molecule has 0 spiro atoms. The van der Waals surface area contributed by atoms with Gasteiger partial charge in [0.1, 0.15) is 5.75 Å². The second kappa shape index (κ2) is 6.52. The van der Waals surface area contributed by atoms with Crippen LogP contribution < -0.4 is 39.1 Å². The van der Waals surface area contributed by atoms with Gasteiger partial charge in [0.15, 0.2) is 0 Å². The summed E-state index contributed by atoms with van der Waals surface area (Å²) in [5, 5.41) is 2.31. The number of halogens is 1. The first-order valence-corrected chi connectivity index (χ1v) is 4.22. The van der Waals surface area contributed by atoms with E-state index in [1.165, 1.54) is 0 Å². The molecule has 6 N–H and O–H groups in total. The molecule has 0 aliphatic heterocycles. The van der Waals surface area contributed by atoms with Gasteiger partial charge in [0.25, 0.3) is 5.91 Å². The van der Waals surface area contributed by atoms with Gasteiger partial charge in [-0.15, -0.1) is 0 Å². The Morgan fingerprint density at radius 2 is 1.88 bits per heavy atom. The summed E-state index contributed by atoms with van der Waals surface area (Å²) in [6.45, 7) is 0. The Balaban J connectivity index is 0.00000225. The third-order valence-corrected chi connectivity index (χ3v) is 1.67. The minimum absolute atomic E-state index is 0. The number of rotatable bonds is 3. The highest BCUT2D eigenvalue weighted by atomic mass is 35.5.